The maximum atomic E-state index is 11.3. The van der Waals surface area contributed by atoms with Gasteiger partial charge in [-0.1, -0.05) is 18.1 Å². The number of hydrogen-bond donors (Lipinski definition) is 0. The van der Waals surface area contributed by atoms with E-state index in [4.69, 9.17) is 20.3 Å². The Morgan fingerprint density at radius 1 is 1.07 bits per heavy atom. The Hall–Kier alpha value is -3.23. The number of fused-ring (bicyclic) bond motifs is 1. The van der Waals surface area contributed by atoms with Gasteiger partial charge in [-0.2, -0.15) is 0 Å². The van der Waals surface area contributed by atoms with Crippen molar-refractivity contribution in [3.63, 3.8) is 0 Å². The number of hydrogen-bond acceptors (Lipinski definition) is 5. The predicted octanol–water partition coefficient (Wildman–Crippen LogP) is 4.10. The number of rotatable bonds is 10. The topological polar surface area (TPSA) is 51.9 Å². The first kappa shape index (κ1) is 20.5. The Kier molecular flexibility index (Phi) is 7.32. The van der Waals surface area contributed by atoms with Crippen LogP contribution in [0.2, 0.25) is 0 Å². The van der Waals surface area contributed by atoms with E-state index in [9.17, 15) is 4.79 Å². The van der Waals surface area contributed by atoms with Gasteiger partial charge in [-0.05, 0) is 55.3 Å². The number of benzene rings is 2. The summed E-state index contributed by atoms with van der Waals surface area (Å²) in [6.07, 6.45) is 7.39. The maximum absolute atomic E-state index is 11.3. The Balaban J connectivity index is 1.46. The van der Waals surface area contributed by atoms with Gasteiger partial charge < -0.3 is 13.9 Å². The van der Waals surface area contributed by atoms with Crippen molar-refractivity contribution in [1.82, 2.24) is 4.90 Å². The maximum Gasteiger partial charge on any atom is 0.336 e. The molecule has 150 valence electrons. The van der Waals surface area contributed by atoms with Gasteiger partial charge in [0.2, 0.25) is 0 Å². The highest BCUT2D eigenvalue weighted by molar-refractivity contribution is 5.77. The van der Waals surface area contributed by atoms with E-state index in [1.54, 1.807) is 19.2 Å². The molecule has 0 N–H and O–H groups in total. The molecule has 1 aromatic heterocycles. The van der Waals surface area contributed by atoms with Crippen molar-refractivity contribution in [1.29, 1.82) is 0 Å². The molecule has 0 fully saturated rings. The standard InChI is InChI=1S/C24H25NO4/c1-3-13-25(18-19-7-6-8-21(16-19)27-2)14-4-5-15-28-22-11-9-20-10-12-24(26)29-23(20)17-22/h1,6-12,16-17H,4-5,13-15,18H2,2H3. The lowest BCUT2D eigenvalue weighted by atomic mass is 10.2. The lowest BCUT2D eigenvalue weighted by molar-refractivity contribution is 0.263. The van der Waals surface area contributed by atoms with E-state index >= 15 is 0 Å². The Labute approximate surface area is 170 Å². The molecule has 1 heterocycles. The van der Waals surface area contributed by atoms with Crippen LogP contribution >= 0.6 is 0 Å². The van der Waals surface area contributed by atoms with Crippen molar-refractivity contribution in [2.24, 2.45) is 0 Å². The first-order chi connectivity index (χ1) is 14.2. The fraction of sp³-hybridized carbons (Fsp3) is 0.292. The minimum absolute atomic E-state index is 0.362. The van der Waals surface area contributed by atoms with Crippen molar-refractivity contribution < 1.29 is 13.9 Å². The molecule has 0 aliphatic rings. The summed E-state index contributed by atoms with van der Waals surface area (Å²) in [7, 11) is 1.67. The molecule has 5 nitrogen and oxygen atoms in total. The molecule has 0 spiro atoms. The predicted molar refractivity (Wildman–Crippen MR) is 114 cm³/mol. The molecular formula is C24H25NO4. The SMILES string of the molecule is C#CCN(CCCCOc1ccc2ccc(=O)oc2c1)Cc1cccc(OC)c1. The Morgan fingerprint density at radius 2 is 1.93 bits per heavy atom. The monoisotopic (exact) mass is 391 g/mol. The minimum atomic E-state index is -0.362. The number of nitrogens with zero attached hydrogens (tertiary/aromatic N) is 1. The second-order valence-electron chi connectivity index (χ2n) is 6.78. The van der Waals surface area contributed by atoms with Crippen molar-refractivity contribution >= 4 is 11.0 Å². The molecule has 0 amide bonds. The summed E-state index contributed by atoms with van der Waals surface area (Å²) in [6.45, 7) is 2.86. The number of methoxy groups -OCH3 is 1. The van der Waals surface area contributed by atoms with Gasteiger partial charge in [0.05, 0.1) is 20.3 Å². The molecule has 0 unspecified atom stereocenters. The molecular weight excluding hydrogens is 366 g/mol. The third-order valence-electron chi connectivity index (χ3n) is 4.59. The van der Waals surface area contributed by atoms with Crippen LogP contribution in [0.3, 0.4) is 0 Å². The van der Waals surface area contributed by atoms with Crippen LogP contribution in [0.15, 0.2) is 63.8 Å². The second-order valence-corrected chi connectivity index (χ2v) is 6.78. The fourth-order valence-corrected chi connectivity index (χ4v) is 3.13. The van der Waals surface area contributed by atoms with Crippen molar-refractivity contribution in [2.45, 2.75) is 19.4 Å². The Bertz CT molecular complexity index is 1030. The van der Waals surface area contributed by atoms with E-state index in [2.05, 4.69) is 16.9 Å². The first-order valence-corrected chi connectivity index (χ1v) is 9.63. The van der Waals surface area contributed by atoms with Crippen molar-refractivity contribution in [3.05, 3.63) is 70.6 Å². The lowest BCUT2D eigenvalue weighted by Gasteiger charge is -2.20. The molecule has 0 radical (unpaired) electrons. The van der Waals surface area contributed by atoms with Crippen molar-refractivity contribution in [3.8, 4) is 23.8 Å². The zero-order valence-electron chi connectivity index (χ0n) is 16.6. The average Bonchev–Trinajstić information content (AvgIpc) is 2.73. The summed E-state index contributed by atoms with van der Waals surface area (Å²) in [5, 5.41) is 0.874. The van der Waals surface area contributed by atoms with E-state index < -0.39 is 0 Å². The molecule has 0 saturated carbocycles. The van der Waals surface area contributed by atoms with Gasteiger partial charge in [0, 0.05) is 24.1 Å². The highest BCUT2D eigenvalue weighted by atomic mass is 16.5. The summed E-state index contributed by atoms with van der Waals surface area (Å²) in [4.78, 5) is 13.6. The number of unbranched alkanes of at least 4 members (excludes halogenated alkanes) is 1. The van der Waals surface area contributed by atoms with E-state index in [1.807, 2.05) is 30.3 Å². The average molecular weight is 391 g/mol. The van der Waals surface area contributed by atoms with Gasteiger partial charge in [0.25, 0.3) is 0 Å². The number of ether oxygens (including phenoxy) is 2. The van der Waals surface area contributed by atoms with Gasteiger partial charge in [-0.3, -0.25) is 4.90 Å². The van der Waals surface area contributed by atoms with E-state index in [0.29, 0.717) is 24.5 Å². The minimum Gasteiger partial charge on any atom is -0.497 e. The van der Waals surface area contributed by atoms with E-state index in [0.717, 1.165) is 37.1 Å². The summed E-state index contributed by atoms with van der Waals surface area (Å²) in [5.41, 5.74) is 1.35. The van der Waals surface area contributed by atoms with Crippen LogP contribution in [0, 0.1) is 12.3 Å². The third kappa shape index (κ3) is 6.13. The quantitative estimate of drug-likeness (QED) is 0.296. The van der Waals surface area contributed by atoms with Crippen LogP contribution in [0.1, 0.15) is 18.4 Å². The molecule has 0 aliphatic heterocycles. The van der Waals surface area contributed by atoms with E-state index in [1.165, 1.54) is 11.6 Å². The van der Waals surface area contributed by atoms with Gasteiger partial charge in [0.1, 0.15) is 17.1 Å². The molecule has 0 atom stereocenters. The van der Waals surface area contributed by atoms with Gasteiger partial charge in [0.15, 0.2) is 0 Å². The van der Waals surface area contributed by atoms with Crippen molar-refractivity contribution in [2.75, 3.05) is 26.8 Å². The molecule has 3 aromatic rings. The van der Waals surface area contributed by atoms with Gasteiger partial charge >= 0.3 is 5.63 Å². The van der Waals surface area contributed by atoms with Gasteiger partial charge in [-0.15, -0.1) is 6.42 Å². The molecule has 0 bridgehead atoms. The zero-order valence-corrected chi connectivity index (χ0v) is 16.6. The molecule has 2 aromatic carbocycles. The molecule has 5 heteroatoms. The second kappa shape index (κ2) is 10.4. The summed E-state index contributed by atoms with van der Waals surface area (Å²) < 4.78 is 16.3. The summed E-state index contributed by atoms with van der Waals surface area (Å²) in [6, 6.07) is 16.7. The van der Waals surface area contributed by atoms with Crippen LogP contribution in [-0.4, -0.2) is 31.7 Å². The fourth-order valence-electron chi connectivity index (χ4n) is 3.13. The van der Waals surface area contributed by atoms with Crippen LogP contribution in [0.5, 0.6) is 11.5 Å². The smallest absolute Gasteiger partial charge is 0.336 e. The molecule has 29 heavy (non-hydrogen) atoms. The zero-order chi connectivity index (χ0) is 20.5. The van der Waals surface area contributed by atoms with Crippen LogP contribution in [0.25, 0.3) is 11.0 Å². The van der Waals surface area contributed by atoms with Crippen LogP contribution in [0.4, 0.5) is 0 Å². The van der Waals surface area contributed by atoms with Crippen LogP contribution in [-0.2, 0) is 6.54 Å². The van der Waals surface area contributed by atoms with Crippen LogP contribution < -0.4 is 15.1 Å². The van der Waals surface area contributed by atoms with Gasteiger partial charge in [-0.25, -0.2) is 4.79 Å². The third-order valence-corrected chi connectivity index (χ3v) is 4.59. The highest BCUT2D eigenvalue weighted by Gasteiger charge is 2.06. The lowest BCUT2D eigenvalue weighted by Crippen LogP contribution is -2.25. The molecule has 3 rings (SSSR count). The number of terminal acetylenes is 1. The Morgan fingerprint density at radius 3 is 2.76 bits per heavy atom. The normalized spacial score (nSPS) is 10.8. The molecule has 0 saturated heterocycles. The highest BCUT2D eigenvalue weighted by Crippen LogP contribution is 2.20. The summed E-state index contributed by atoms with van der Waals surface area (Å²) >= 11 is 0. The summed E-state index contributed by atoms with van der Waals surface area (Å²) in [5.74, 6) is 4.28. The largest absolute Gasteiger partial charge is 0.497 e. The first-order valence-electron chi connectivity index (χ1n) is 9.63. The van der Waals surface area contributed by atoms with E-state index in [-0.39, 0.29) is 5.63 Å². The molecule has 0 aliphatic carbocycles.